The van der Waals surface area contributed by atoms with E-state index < -0.39 is 29.1 Å². The number of thiazole rings is 1. The highest BCUT2D eigenvalue weighted by molar-refractivity contribution is 7.17. The van der Waals surface area contributed by atoms with Gasteiger partial charge in [0.15, 0.2) is 5.82 Å². The number of ether oxygens (including phenoxy) is 1. The normalized spacial score (nSPS) is 23.9. The maximum atomic E-state index is 13.2. The third kappa shape index (κ3) is 5.10. The van der Waals surface area contributed by atoms with Crippen molar-refractivity contribution < 1.29 is 19.4 Å². The van der Waals surface area contributed by atoms with E-state index in [4.69, 9.17) is 9.73 Å². The molecule has 2 aliphatic rings. The highest BCUT2D eigenvalue weighted by atomic mass is 32.1. The van der Waals surface area contributed by atoms with Crippen LogP contribution in [0.25, 0.3) is 21.6 Å². The van der Waals surface area contributed by atoms with Gasteiger partial charge in [-0.05, 0) is 44.5 Å². The Morgan fingerprint density at radius 3 is 2.90 bits per heavy atom. The molecule has 4 N–H and O–H groups in total. The van der Waals surface area contributed by atoms with Crippen LogP contribution in [0.4, 0.5) is 10.5 Å². The molecule has 13 heteroatoms. The number of urea groups is 1. The Morgan fingerprint density at radius 1 is 1.29 bits per heavy atom. The molecule has 2 amide bonds. The van der Waals surface area contributed by atoms with Gasteiger partial charge in [-0.25, -0.2) is 19.8 Å². The molecule has 0 radical (unpaired) electrons. The molecule has 2 aliphatic heterocycles. The van der Waals surface area contributed by atoms with Crippen molar-refractivity contribution in [3.8, 4) is 17.3 Å². The zero-order valence-corrected chi connectivity index (χ0v) is 24.1. The number of aromatic nitrogens is 3. The predicted molar refractivity (Wildman–Crippen MR) is 158 cm³/mol. The molecule has 3 unspecified atom stereocenters. The van der Waals surface area contributed by atoms with E-state index in [0.29, 0.717) is 61.8 Å². The Kier molecular flexibility index (Phi) is 8.18. The van der Waals surface area contributed by atoms with Crippen molar-refractivity contribution in [3.05, 3.63) is 42.2 Å². The first kappa shape index (κ1) is 28.4. The Morgan fingerprint density at radius 2 is 2.15 bits per heavy atom. The number of piperidine rings is 1. The second-order valence-electron chi connectivity index (χ2n) is 10.0. The Bertz CT molecular complexity index is 1490. The van der Waals surface area contributed by atoms with Gasteiger partial charge in [-0.2, -0.15) is 4.98 Å². The number of amides is 2. The lowest BCUT2D eigenvalue weighted by Gasteiger charge is -2.54. The van der Waals surface area contributed by atoms with E-state index in [2.05, 4.69) is 30.9 Å². The lowest BCUT2D eigenvalue weighted by atomic mass is 9.64. The number of carbonyl (C=O) groups excluding carboxylic acids is 1. The summed E-state index contributed by atoms with van der Waals surface area (Å²) in [6.45, 7) is 5.09. The minimum atomic E-state index is -1.47. The number of hydrogen-bond donors (Lipinski definition) is 4. The largest absolute Gasteiger partial charge is 0.481 e. The van der Waals surface area contributed by atoms with Gasteiger partial charge < -0.3 is 25.4 Å². The van der Waals surface area contributed by atoms with Crippen molar-refractivity contribution in [1.82, 2.24) is 30.9 Å². The highest BCUT2D eigenvalue weighted by Gasteiger charge is 2.59. The van der Waals surface area contributed by atoms with Crippen LogP contribution in [0.5, 0.6) is 5.88 Å². The highest BCUT2D eigenvalue weighted by Crippen LogP contribution is 2.48. The molecule has 5 rings (SSSR count). The summed E-state index contributed by atoms with van der Waals surface area (Å²) < 4.78 is 6.23. The molecule has 2 aromatic heterocycles. The van der Waals surface area contributed by atoms with Crippen LogP contribution in [0.15, 0.2) is 47.2 Å². The van der Waals surface area contributed by atoms with Gasteiger partial charge >= 0.3 is 12.0 Å². The second-order valence-corrected chi connectivity index (χ2v) is 10.9. The summed E-state index contributed by atoms with van der Waals surface area (Å²) in [5, 5.41) is 20.0. The molecule has 4 heterocycles. The van der Waals surface area contributed by atoms with E-state index in [9.17, 15) is 14.7 Å². The minimum absolute atomic E-state index is 0.338. The number of fused-ring (bicyclic) bond motifs is 1. The molecule has 0 aliphatic carbocycles. The van der Waals surface area contributed by atoms with Gasteiger partial charge in [0.05, 0.1) is 34.2 Å². The van der Waals surface area contributed by atoms with Gasteiger partial charge in [-0.15, -0.1) is 11.3 Å². The van der Waals surface area contributed by atoms with Crippen LogP contribution in [0, 0.1) is 11.3 Å². The molecule has 3 atom stereocenters. The van der Waals surface area contributed by atoms with E-state index in [1.54, 1.807) is 37.2 Å². The standard InChI is InChI=1S/C28H34N8O4S/c1-4-8-27(25(37)38)9-12-29-16-21(27)28(35-26(39)30-5-2)33-10-6-13-36(28)18-14-19(23-20(15-18)32-17-41-23)24-31-11-7-22(34-24)40-3/h6-7,10-11,13-15,17,21,29H,4-5,8-9,12,16H2,1-3H3,(H,37,38)(H2,30,35,39). The lowest BCUT2D eigenvalue weighted by Crippen LogP contribution is -2.71. The average Bonchev–Trinajstić information content (AvgIpc) is 3.46. The van der Waals surface area contributed by atoms with Gasteiger partial charge in [0.25, 0.3) is 0 Å². The third-order valence-corrected chi connectivity index (χ3v) is 8.62. The molecule has 41 heavy (non-hydrogen) atoms. The number of carboxylic acids is 1. The number of aliphatic carboxylic acids is 1. The molecular formula is C28H34N8O4S. The van der Waals surface area contributed by atoms with Crippen LogP contribution in [0.3, 0.4) is 0 Å². The fraction of sp³-hybridized carbons (Fsp3) is 0.429. The van der Waals surface area contributed by atoms with E-state index in [1.165, 1.54) is 11.3 Å². The van der Waals surface area contributed by atoms with Crippen molar-refractivity contribution in [1.29, 1.82) is 0 Å². The number of nitrogens with zero attached hydrogens (tertiary/aromatic N) is 5. The second kappa shape index (κ2) is 11.8. The maximum Gasteiger partial charge on any atom is 0.318 e. The molecule has 0 spiro atoms. The zero-order chi connectivity index (χ0) is 29.0. The summed E-state index contributed by atoms with van der Waals surface area (Å²) in [5.41, 5.74) is 2.71. The van der Waals surface area contributed by atoms with E-state index >= 15 is 0 Å². The number of carbonyl (C=O) groups is 2. The molecule has 1 aromatic carbocycles. The number of allylic oxidation sites excluding steroid dienone is 1. The first-order valence-electron chi connectivity index (χ1n) is 13.6. The number of aliphatic imine (C=N–C) groups is 1. The molecular weight excluding hydrogens is 544 g/mol. The van der Waals surface area contributed by atoms with Gasteiger partial charge in [0, 0.05) is 49.0 Å². The van der Waals surface area contributed by atoms with Gasteiger partial charge in [0.2, 0.25) is 11.7 Å². The van der Waals surface area contributed by atoms with Crippen molar-refractivity contribution in [3.63, 3.8) is 0 Å². The van der Waals surface area contributed by atoms with Crippen molar-refractivity contribution >= 4 is 45.5 Å². The summed E-state index contributed by atoms with van der Waals surface area (Å²) in [7, 11) is 1.55. The van der Waals surface area contributed by atoms with Gasteiger partial charge in [0.1, 0.15) is 0 Å². The smallest absolute Gasteiger partial charge is 0.318 e. The first-order chi connectivity index (χ1) is 19.9. The third-order valence-electron chi connectivity index (χ3n) is 7.74. The summed E-state index contributed by atoms with van der Waals surface area (Å²) in [5.74, 6) is -2.12. The number of anilines is 1. The Labute approximate surface area is 242 Å². The number of nitrogens with one attached hydrogen (secondary N) is 3. The van der Waals surface area contributed by atoms with Crippen LogP contribution >= 0.6 is 11.3 Å². The summed E-state index contributed by atoms with van der Waals surface area (Å²) in [6, 6.07) is 5.06. The molecule has 3 aromatic rings. The number of benzene rings is 1. The maximum absolute atomic E-state index is 13.2. The number of rotatable bonds is 9. The van der Waals surface area contributed by atoms with Crippen molar-refractivity contribution in [2.24, 2.45) is 16.3 Å². The Hall–Kier alpha value is -4.10. The van der Waals surface area contributed by atoms with Crippen molar-refractivity contribution in [2.45, 2.75) is 38.9 Å². The summed E-state index contributed by atoms with van der Waals surface area (Å²) >= 11 is 1.47. The topological polar surface area (TPSA) is 154 Å². The quantitative estimate of drug-likeness (QED) is 0.298. The van der Waals surface area contributed by atoms with Crippen LogP contribution in [-0.4, -0.2) is 70.8 Å². The van der Waals surface area contributed by atoms with E-state index in [0.717, 1.165) is 10.3 Å². The van der Waals surface area contributed by atoms with Crippen LogP contribution in [0.2, 0.25) is 0 Å². The molecule has 12 nitrogen and oxygen atoms in total. The zero-order valence-electron chi connectivity index (χ0n) is 23.3. The molecule has 216 valence electrons. The van der Waals surface area contributed by atoms with Gasteiger partial charge in [-0.3, -0.25) is 10.1 Å². The number of carboxylic acid groups (broad SMARTS) is 1. The van der Waals surface area contributed by atoms with Crippen LogP contribution in [0.1, 0.15) is 33.1 Å². The van der Waals surface area contributed by atoms with E-state index in [1.807, 2.05) is 37.1 Å². The number of hydrogen-bond acceptors (Lipinski definition) is 10. The first-order valence-corrected chi connectivity index (χ1v) is 14.5. The monoisotopic (exact) mass is 578 g/mol. The SMILES string of the molecule is CCCC1(C(=O)O)CCNCC1C1(NC(=O)NCC)N=CC=CN1c1cc(-c2nccc(OC)n2)c2scnc2c1. The summed E-state index contributed by atoms with van der Waals surface area (Å²) in [6.07, 6.45) is 8.34. The molecule has 1 saturated heterocycles. The van der Waals surface area contributed by atoms with Crippen LogP contribution in [-0.2, 0) is 4.79 Å². The molecule has 1 fully saturated rings. The lowest BCUT2D eigenvalue weighted by molar-refractivity contribution is -0.158. The predicted octanol–water partition coefficient (Wildman–Crippen LogP) is 3.62. The minimum Gasteiger partial charge on any atom is -0.481 e. The van der Waals surface area contributed by atoms with Gasteiger partial charge in [-0.1, -0.05) is 13.3 Å². The van der Waals surface area contributed by atoms with Crippen molar-refractivity contribution in [2.75, 3.05) is 31.6 Å². The fourth-order valence-corrected chi connectivity index (χ4v) is 6.74. The average molecular weight is 579 g/mol. The molecule has 0 bridgehead atoms. The van der Waals surface area contributed by atoms with Crippen LogP contribution < -0.4 is 25.6 Å². The summed E-state index contributed by atoms with van der Waals surface area (Å²) in [4.78, 5) is 46.7. The Balaban J connectivity index is 1.73. The fourth-order valence-electron chi connectivity index (χ4n) is 5.96. The number of methoxy groups -OCH3 is 1. The van der Waals surface area contributed by atoms with E-state index in [-0.39, 0.29) is 0 Å². The molecule has 0 saturated carbocycles.